The lowest BCUT2D eigenvalue weighted by Gasteiger charge is -2.08. The number of rotatable bonds is 5. The van der Waals surface area contributed by atoms with Crippen LogP contribution in [0.1, 0.15) is 34.6 Å². The van der Waals surface area contributed by atoms with E-state index in [4.69, 9.17) is 0 Å². The highest BCUT2D eigenvalue weighted by molar-refractivity contribution is 5.41. The van der Waals surface area contributed by atoms with Crippen LogP contribution in [0.15, 0.2) is 12.4 Å². The minimum Gasteiger partial charge on any atom is -0.369 e. The van der Waals surface area contributed by atoms with Gasteiger partial charge in [0.15, 0.2) is 0 Å². The highest BCUT2D eigenvalue weighted by Gasteiger charge is 2.64. The average molecular weight is 248 g/mol. The summed E-state index contributed by atoms with van der Waals surface area (Å²) < 4.78 is 0. The molecular formula is C14H24N4. The van der Waals surface area contributed by atoms with E-state index < -0.39 is 0 Å². The first-order valence-electron chi connectivity index (χ1n) is 6.69. The van der Waals surface area contributed by atoms with E-state index in [0.29, 0.717) is 16.7 Å². The average Bonchev–Trinajstić information content (AvgIpc) is 2.68. The van der Waals surface area contributed by atoms with Crippen LogP contribution in [0.2, 0.25) is 0 Å². The predicted octanol–water partition coefficient (Wildman–Crippen LogP) is 3.00. The molecule has 1 fully saturated rings. The third-order valence-electron chi connectivity index (χ3n) is 4.80. The van der Waals surface area contributed by atoms with Gasteiger partial charge in [-0.25, -0.2) is 4.98 Å². The van der Waals surface area contributed by atoms with Gasteiger partial charge in [-0.05, 0) is 23.7 Å². The number of nitrogens with one attached hydrogen (secondary N) is 2. The minimum atomic E-state index is 0.409. The molecule has 4 nitrogen and oxygen atoms in total. The molecule has 0 radical (unpaired) electrons. The monoisotopic (exact) mass is 248 g/mol. The lowest BCUT2D eigenvalue weighted by molar-refractivity contribution is 0.457. The molecule has 1 aromatic rings. The first-order chi connectivity index (χ1) is 8.39. The Morgan fingerprint density at radius 2 is 1.61 bits per heavy atom. The van der Waals surface area contributed by atoms with Crippen LogP contribution in [0.3, 0.4) is 0 Å². The summed E-state index contributed by atoms with van der Waals surface area (Å²) in [6.07, 6.45) is 3.53. The summed E-state index contributed by atoms with van der Waals surface area (Å²) in [5, 5.41) is 6.57. The van der Waals surface area contributed by atoms with Gasteiger partial charge in [0.25, 0.3) is 0 Å². The fraction of sp³-hybridized carbons (Fsp3) is 0.714. The Balaban J connectivity index is 1.94. The highest BCUT2D eigenvalue weighted by atomic mass is 15.1. The molecule has 0 unspecified atom stereocenters. The molecule has 2 N–H and O–H groups in total. The molecule has 1 aliphatic rings. The van der Waals surface area contributed by atoms with Crippen LogP contribution in [-0.2, 0) is 0 Å². The molecule has 1 saturated carbocycles. The summed E-state index contributed by atoms with van der Waals surface area (Å²) in [5.74, 6) is 2.37. The van der Waals surface area contributed by atoms with E-state index in [2.05, 4.69) is 55.2 Å². The van der Waals surface area contributed by atoms with Crippen molar-refractivity contribution in [1.82, 2.24) is 9.97 Å². The molecule has 0 atom stereocenters. The van der Waals surface area contributed by atoms with Gasteiger partial charge >= 0.3 is 0 Å². The zero-order chi connectivity index (χ0) is 13.4. The second-order valence-corrected chi connectivity index (χ2v) is 6.20. The van der Waals surface area contributed by atoms with Crippen molar-refractivity contribution in [3.8, 4) is 0 Å². The van der Waals surface area contributed by atoms with E-state index in [1.807, 2.05) is 0 Å². The van der Waals surface area contributed by atoms with Gasteiger partial charge in [0, 0.05) is 13.1 Å². The third kappa shape index (κ3) is 2.16. The van der Waals surface area contributed by atoms with Crippen molar-refractivity contribution in [3.63, 3.8) is 0 Å². The summed E-state index contributed by atoms with van der Waals surface area (Å²) >= 11 is 0. The molecule has 0 spiro atoms. The SMILES string of the molecule is CCNc1cncc(NCC2C(C)(C)C2(C)C)n1. The summed E-state index contributed by atoms with van der Waals surface area (Å²) in [4.78, 5) is 8.66. The van der Waals surface area contributed by atoms with Gasteiger partial charge in [0.1, 0.15) is 11.6 Å². The van der Waals surface area contributed by atoms with Crippen LogP contribution >= 0.6 is 0 Å². The van der Waals surface area contributed by atoms with Crippen LogP contribution in [0.25, 0.3) is 0 Å². The molecule has 1 aliphatic carbocycles. The molecule has 0 saturated heterocycles. The number of hydrogen-bond acceptors (Lipinski definition) is 4. The Morgan fingerprint density at radius 1 is 1.06 bits per heavy atom. The summed E-state index contributed by atoms with van der Waals surface area (Å²) in [6.45, 7) is 13.2. The zero-order valence-electron chi connectivity index (χ0n) is 12.0. The smallest absolute Gasteiger partial charge is 0.146 e. The van der Waals surface area contributed by atoms with E-state index in [1.165, 1.54) is 0 Å². The van der Waals surface area contributed by atoms with Crippen LogP contribution < -0.4 is 10.6 Å². The standard InChI is InChI=1S/C14H24N4/c1-6-16-11-8-15-9-12(18-11)17-7-10-13(2,3)14(10,4)5/h8-10H,6-7H2,1-5H3,(H2,16,17,18). The molecular weight excluding hydrogens is 224 g/mol. The topological polar surface area (TPSA) is 49.8 Å². The van der Waals surface area contributed by atoms with Crippen molar-refractivity contribution in [2.45, 2.75) is 34.6 Å². The molecule has 0 bridgehead atoms. The molecule has 2 rings (SSSR count). The lowest BCUT2D eigenvalue weighted by atomic mass is 10.0. The maximum atomic E-state index is 4.47. The maximum Gasteiger partial charge on any atom is 0.146 e. The van der Waals surface area contributed by atoms with Gasteiger partial charge in [-0.2, -0.15) is 0 Å². The van der Waals surface area contributed by atoms with Gasteiger partial charge in [0.2, 0.25) is 0 Å². The summed E-state index contributed by atoms with van der Waals surface area (Å²) in [6, 6.07) is 0. The Hall–Kier alpha value is -1.32. The van der Waals surface area contributed by atoms with Crippen molar-refractivity contribution in [1.29, 1.82) is 0 Å². The molecule has 18 heavy (non-hydrogen) atoms. The Labute approximate surface area is 110 Å². The second-order valence-electron chi connectivity index (χ2n) is 6.20. The molecule has 4 heteroatoms. The fourth-order valence-electron chi connectivity index (χ4n) is 2.77. The van der Waals surface area contributed by atoms with Crippen LogP contribution in [0, 0.1) is 16.7 Å². The van der Waals surface area contributed by atoms with E-state index in [0.717, 1.165) is 24.7 Å². The third-order valence-corrected chi connectivity index (χ3v) is 4.80. The van der Waals surface area contributed by atoms with Crippen molar-refractivity contribution in [2.75, 3.05) is 23.7 Å². The molecule has 1 heterocycles. The lowest BCUT2D eigenvalue weighted by Crippen LogP contribution is -2.10. The number of anilines is 2. The van der Waals surface area contributed by atoms with E-state index in [1.54, 1.807) is 12.4 Å². The largest absolute Gasteiger partial charge is 0.369 e. The molecule has 100 valence electrons. The number of aromatic nitrogens is 2. The van der Waals surface area contributed by atoms with Gasteiger partial charge in [-0.15, -0.1) is 0 Å². The van der Waals surface area contributed by atoms with Crippen LogP contribution in [-0.4, -0.2) is 23.1 Å². The molecule has 0 aliphatic heterocycles. The first kappa shape index (κ1) is 13.1. The Bertz CT molecular complexity index is 412. The van der Waals surface area contributed by atoms with Gasteiger partial charge in [-0.3, -0.25) is 4.98 Å². The van der Waals surface area contributed by atoms with E-state index in [-0.39, 0.29) is 0 Å². The zero-order valence-corrected chi connectivity index (χ0v) is 12.0. The Kier molecular flexibility index (Phi) is 3.21. The van der Waals surface area contributed by atoms with Crippen molar-refractivity contribution in [2.24, 2.45) is 16.7 Å². The molecule has 1 aromatic heterocycles. The number of nitrogens with zero attached hydrogens (tertiary/aromatic N) is 2. The van der Waals surface area contributed by atoms with Crippen molar-refractivity contribution in [3.05, 3.63) is 12.4 Å². The fourth-order valence-corrected chi connectivity index (χ4v) is 2.77. The maximum absolute atomic E-state index is 4.47. The second kappa shape index (κ2) is 4.41. The van der Waals surface area contributed by atoms with Crippen molar-refractivity contribution < 1.29 is 0 Å². The summed E-state index contributed by atoms with van der Waals surface area (Å²) in [7, 11) is 0. The van der Waals surface area contributed by atoms with E-state index in [9.17, 15) is 0 Å². The Morgan fingerprint density at radius 3 is 2.11 bits per heavy atom. The molecule has 0 aromatic carbocycles. The highest BCUT2D eigenvalue weighted by Crippen LogP contribution is 2.68. The van der Waals surface area contributed by atoms with Gasteiger partial charge in [-0.1, -0.05) is 27.7 Å². The first-order valence-corrected chi connectivity index (χ1v) is 6.69. The predicted molar refractivity (Wildman–Crippen MR) is 75.7 cm³/mol. The van der Waals surface area contributed by atoms with Gasteiger partial charge in [0.05, 0.1) is 12.4 Å². The van der Waals surface area contributed by atoms with Crippen LogP contribution in [0.4, 0.5) is 11.6 Å². The quantitative estimate of drug-likeness (QED) is 0.841. The number of hydrogen-bond donors (Lipinski definition) is 2. The van der Waals surface area contributed by atoms with Crippen LogP contribution in [0.5, 0.6) is 0 Å². The summed E-state index contributed by atoms with van der Waals surface area (Å²) in [5.41, 5.74) is 0.819. The minimum absolute atomic E-state index is 0.409. The van der Waals surface area contributed by atoms with E-state index >= 15 is 0 Å². The molecule has 0 amide bonds. The normalized spacial score (nSPS) is 20.5. The van der Waals surface area contributed by atoms with Crippen molar-refractivity contribution >= 4 is 11.6 Å². The van der Waals surface area contributed by atoms with Gasteiger partial charge < -0.3 is 10.6 Å².